The first-order valence-electron chi connectivity index (χ1n) is 11.3. The van der Waals surface area contributed by atoms with Crippen molar-refractivity contribution in [1.82, 2.24) is 0 Å². The maximum Gasteiger partial charge on any atom is 3.00 e. The molecule has 7 nitrogen and oxygen atoms in total. The average Bonchev–Trinajstić information content (AvgIpc) is 2.93. The van der Waals surface area contributed by atoms with E-state index in [1.165, 1.54) is 0 Å². The van der Waals surface area contributed by atoms with Crippen LogP contribution < -0.4 is 0 Å². The molecule has 37 heavy (non-hydrogen) atoms. The molecule has 0 heterocycles. The molecular weight excluding hydrogens is 511 g/mol. The maximum atomic E-state index is 8.78. The second-order valence-corrected chi connectivity index (χ2v) is 7.88. The van der Waals surface area contributed by atoms with Gasteiger partial charge in [0.25, 0.3) is 0 Å². The van der Waals surface area contributed by atoms with Gasteiger partial charge in [-0.1, -0.05) is 144 Å². The van der Waals surface area contributed by atoms with Gasteiger partial charge in [0.05, 0.1) is 0 Å². The largest absolute Gasteiger partial charge is 3.00 e. The van der Waals surface area contributed by atoms with Gasteiger partial charge in [0, 0.05) is 0 Å². The van der Waals surface area contributed by atoms with Gasteiger partial charge in [0.1, 0.15) is 0 Å². The standard InChI is InChI=1S/2C14H14N2.CH2O3.Co/c2*15-13(11-7-3-1-4-8-11)14(16)12-9-5-2-6-10-12;2-1(3)4;/h2*1-10,13-16H;(H2,2,3,4);/q2*-2;;+3/p+2. The van der Waals surface area contributed by atoms with Crippen LogP contribution in [-0.4, -0.2) is 16.4 Å². The molecule has 194 valence electrons. The summed E-state index contributed by atoms with van der Waals surface area (Å²) < 4.78 is 0. The van der Waals surface area contributed by atoms with Crippen molar-refractivity contribution >= 4 is 6.16 Å². The van der Waals surface area contributed by atoms with E-state index in [0.29, 0.717) is 0 Å². The summed E-state index contributed by atoms with van der Waals surface area (Å²) in [6.45, 7) is 0. The van der Waals surface area contributed by atoms with Crippen molar-refractivity contribution in [3.8, 4) is 0 Å². The molecule has 4 rings (SSSR count). The van der Waals surface area contributed by atoms with E-state index < -0.39 is 30.3 Å². The van der Waals surface area contributed by atoms with Gasteiger partial charge in [-0.05, 0) is 0 Å². The predicted molar refractivity (Wildman–Crippen MR) is 147 cm³/mol. The van der Waals surface area contributed by atoms with Crippen LogP contribution in [0.5, 0.6) is 0 Å². The molecule has 0 saturated heterocycles. The zero-order valence-corrected chi connectivity index (χ0v) is 21.1. The monoisotopic (exact) mass is 543 g/mol. The maximum absolute atomic E-state index is 8.78. The Bertz CT molecular complexity index is 959. The van der Waals surface area contributed by atoms with Crippen molar-refractivity contribution in [1.29, 1.82) is 0 Å². The van der Waals surface area contributed by atoms with E-state index in [2.05, 4.69) is 0 Å². The number of hydrogen-bond donors (Lipinski definition) is 0. The van der Waals surface area contributed by atoms with Gasteiger partial charge in [0.15, 0.2) is 0 Å². The van der Waals surface area contributed by atoms with E-state index in [-0.39, 0.29) is 16.8 Å². The van der Waals surface area contributed by atoms with Crippen LogP contribution in [0.1, 0.15) is 46.4 Å². The minimum absolute atomic E-state index is 0. The Balaban J connectivity index is 0.000000316. The van der Waals surface area contributed by atoms with Crippen LogP contribution in [0.3, 0.4) is 0 Å². The Morgan fingerprint density at radius 2 is 0.568 bits per heavy atom. The molecule has 0 fully saturated rings. The summed E-state index contributed by atoms with van der Waals surface area (Å²) in [7, 11) is 0. The summed E-state index contributed by atoms with van der Waals surface area (Å²) in [5.74, 6) is 0. The van der Waals surface area contributed by atoms with Crippen LogP contribution >= 0.6 is 0 Å². The fraction of sp³-hybridized carbons (Fsp3) is 0.138. The molecule has 8 N–H and O–H groups in total. The van der Waals surface area contributed by atoms with Gasteiger partial charge in [-0.25, -0.2) is 0 Å². The Labute approximate surface area is 228 Å². The first kappa shape index (κ1) is 31.5. The predicted octanol–water partition coefficient (Wildman–Crippen LogP) is 7.70. The van der Waals surface area contributed by atoms with Gasteiger partial charge >= 0.3 is 22.9 Å². The van der Waals surface area contributed by atoms with Crippen LogP contribution in [0.25, 0.3) is 22.9 Å². The van der Waals surface area contributed by atoms with Crippen molar-refractivity contribution in [3.05, 3.63) is 167 Å². The van der Waals surface area contributed by atoms with Crippen LogP contribution in [0.4, 0.5) is 4.79 Å². The SMILES string of the molecule is O=C([OH2+])[OH2+].[Co+3].[NH-]C(c1ccccc1)C([NH-])c1ccccc1.[NH-]C(c1ccccc1)C([NH-])c1ccccc1. The molecule has 0 amide bonds. The molecule has 4 atom stereocenters. The average molecular weight is 544 g/mol. The van der Waals surface area contributed by atoms with E-state index in [9.17, 15) is 0 Å². The molecule has 0 aromatic heterocycles. The van der Waals surface area contributed by atoms with Crippen molar-refractivity contribution < 1.29 is 31.8 Å². The summed E-state index contributed by atoms with van der Waals surface area (Å²) in [4.78, 5) is 8.78. The summed E-state index contributed by atoms with van der Waals surface area (Å²) in [5, 5.41) is 11.2. The summed E-state index contributed by atoms with van der Waals surface area (Å²) in [6.07, 6.45) is -1.33. The molecule has 0 aliphatic rings. The molecule has 0 spiro atoms. The van der Waals surface area contributed by atoms with Crippen LogP contribution in [-0.2, 0) is 16.8 Å². The Kier molecular flexibility index (Phi) is 14.5. The third-order valence-electron chi connectivity index (χ3n) is 5.30. The fourth-order valence-corrected chi connectivity index (χ4v) is 3.41. The Hall–Kier alpha value is -3.50. The molecule has 4 aromatic carbocycles. The molecule has 4 aromatic rings. The molecule has 4 unspecified atom stereocenters. The van der Waals surface area contributed by atoms with Crippen molar-refractivity contribution in [2.75, 3.05) is 0 Å². The van der Waals surface area contributed by atoms with Gasteiger partial charge in [-0.3, -0.25) is 0 Å². The van der Waals surface area contributed by atoms with E-state index in [1.54, 1.807) is 0 Å². The molecular formula is C29H32CoN4O3+. The minimum atomic E-state index is -1.33. The number of carbonyl (C=O) groups excluding carboxylic acids is 1. The third kappa shape index (κ3) is 11.0. The zero-order chi connectivity index (χ0) is 26.3. The normalized spacial score (nSPS) is 13.1. The van der Waals surface area contributed by atoms with Crippen molar-refractivity contribution in [2.45, 2.75) is 24.2 Å². The summed E-state index contributed by atoms with van der Waals surface area (Å²) in [6, 6.07) is 36.1. The van der Waals surface area contributed by atoms with Gasteiger partial charge in [-0.2, -0.15) is 0 Å². The quantitative estimate of drug-likeness (QED) is 0.224. The van der Waals surface area contributed by atoms with E-state index in [1.807, 2.05) is 121 Å². The summed E-state index contributed by atoms with van der Waals surface area (Å²) in [5.41, 5.74) is 35.9. The molecule has 0 bridgehead atoms. The van der Waals surface area contributed by atoms with E-state index in [0.717, 1.165) is 22.3 Å². The summed E-state index contributed by atoms with van der Waals surface area (Å²) >= 11 is 0. The number of hydrogen-bond acceptors (Lipinski definition) is 1. The molecule has 8 heteroatoms. The molecule has 0 saturated carbocycles. The number of benzene rings is 4. The first-order valence-corrected chi connectivity index (χ1v) is 11.3. The zero-order valence-electron chi connectivity index (χ0n) is 20.1. The van der Waals surface area contributed by atoms with Crippen LogP contribution in [0.15, 0.2) is 121 Å². The Morgan fingerprint density at radius 3 is 0.703 bits per heavy atom. The topological polar surface area (TPSA) is 158 Å². The van der Waals surface area contributed by atoms with Crippen molar-refractivity contribution in [2.24, 2.45) is 0 Å². The Morgan fingerprint density at radius 1 is 0.432 bits per heavy atom. The van der Waals surface area contributed by atoms with E-state index >= 15 is 0 Å². The minimum Gasteiger partial charge on any atom is -0.672 e. The third-order valence-corrected chi connectivity index (χ3v) is 5.30. The molecule has 0 radical (unpaired) electrons. The number of rotatable bonds is 6. The van der Waals surface area contributed by atoms with E-state index in [4.69, 9.17) is 37.9 Å². The van der Waals surface area contributed by atoms with Gasteiger partial charge in [0.2, 0.25) is 4.79 Å². The van der Waals surface area contributed by atoms with Crippen molar-refractivity contribution in [3.63, 3.8) is 0 Å². The molecule has 0 aliphatic heterocycles. The molecule has 0 aliphatic carbocycles. The number of nitrogens with one attached hydrogen (secondary N) is 4. The fourth-order valence-electron chi connectivity index (χ4n) is 3.41. The van der Waals surface area contributed by atoms with Gasteiger partial charge in [-0.15, -0.1) is 24.2 Å². The smallest absolute Gasteiger partial charge is 0.672 e. The second-order valence-electron chi connectivity index (χ2n) is 7.88. The number of carbonyl (C=O) groups is 1. The van der Waals surface area contributed by atoms with Crippen LogP contribution in [0, 0.1) is 0 Å². The van der Waals surface area contributed by atoms with Crippen LogP contribution in [0.2, 0.25) is 0 Å². The van der Waals surface area contributed by atoms with Gasteiger partial charge < -0.3 is 33.1 Å². The first-order chi connectivity index (χ1) is 17.3. The second kappa shape index (κ2) is 17.0.